The standard InChI is InChI=1S/C13H9NO2/c14-8-12(13(15)16)11-6-5-9-3-1-2-4-10(9)7-11/h1-7,12H,(H,15,16). The number of nitriles is 1. The fraction of sp³-hybridized carbons (Fsp3) is 0.0769. The maximum absolute atomic E-state index is 10.8. The van der Waals surface area contributed by atoms with E-state index in [1.54, 1.807) is 18.2 Å². The molecule has 1 unspecified atom stereocenters. The van der Waals surface area contributed by atoms with Crippen LogP contribution in [0.5, 0.6) is 0 Å². The lowest BCUT2D eigenvalue weighted by Crippen LogP contribution is -2.08. The van der Waals surface area contributed by atoms with Crippen molar-refractivity contribution >= 4 is 16.7 Å². The molecule has 0 fully saturated rings. The van der Waals surface area contributed by atoms with E-state index < -0.39 is 11.9 Å². The number of benzene rings is 2. The number of aliphatic carboxylic acids is 1. The topological polar surface area (TPSA) is 61.1 Å². The summed E-state index contributed by atoms with van der Waals surface area (Å²) in [7, 11) is 0. The molecule has 0 aliphatic rings. The molecule has 0 aliphatic heterocycles. The molecule has 2 aromatic rings. The average Bonchev–Trinajstić information content (AvgIpc) is 2.29. The summed E-state index contributed by atoms with van der Waals surface area (Å²) in [6, 6.07) is 14.7. The second-order valence-corrected chi connectivity index (χ2v) is 3.51. The predicted octanol–water partition coefficient (Wildman–Crippen LogP) is 2.53. The maximum Gasteiger partial charge on any atom is 0.325 e. The highest BCUT2D eigenvalue weighted by Crippen LogP contribution is 2.21. The third-order valence-electron chi connectivity index (χ3n) is 2.48. The van der Waals surface area contributed by atoms with Crippen molar-refractivity contribution in [2.75, 3.05) is 0 Å². The Bertz CT molecular complexity index is 584. The normalized spacial score (nSPS) is 11.9. The Hall–Kier alpha value is -2.34. The van der Waals surface area contributed by atoms with Gasteiger partial charge in [0.1, 0.15) is 0 Å². The lowest BCUT2D eigenvalue weighted by Gasteiger charge is -2.05. The van der Waals surface area contributed by atoms with E-state index in [0.29, 0.717) is 5.56 Å². The minimum absolute atomic E-state index is 0.522. The van der Waals surface area contributed by atoms with Crippen LogP contribution in [0.2, 0.25) is 0 Å². The van der Waals surface area contributed by atoms with Crippen LogP contribution >= 0.6 is 0 Å². The van der Waals surface area contributed by atoms with Crippen molar-refractivity contribution in [2.45, 2.75) is 5.92 Å². The van der Waals surface area contributed by atoms with Crippen molar-refractivity contribution < 1.29 is 9.90 Å². The average molecular weight is 211 g/mol. The van der Waals surface area contributed by atoms with Crippen LogP contribution in [0.3, 0.4) is 0 Å². The first-order valence-corrected chi connectivity index (χ1v) is 4.83. The fourth-order valence-corrected chi connectivity index (χ4v) is 1.66. The van der Waals surface area contributed by atoms with Gasteiger partial charge < -0.3 is 5.11 Å². The largest absolute Gasteiger partial charge is 0.480 e. The maximum atomic E-state index is 10.8. The molecule has 0 saturated heterocycles. The van der Waals surface area contributed by atoms with Crippen molar-refractivity contribution in [3.8, 4) is 6.07 Å². The molecule has 78 valence electrons. The minimum Gasteiger partial charge on any atom is -0.480 e. The summed E-state index contributed by atoms with van der Waals surface area (Å²) in [6.45, 7) is 0. The molecule has 0 amide bonds. The predicted molar refractivity (Wildman–Crippen MR) is 59.9 cm³/mol. The zero-order chi connectivity index (χ0) is 11.5. The molecule has 0 heterocycles. The van der Waals surface area contributed by atoms with E-state index in [2.05, 4.69) is 0 Å². The van der Waals surface area contributed by atoms with Gasteiger partial charge in [0.25, 0.3) is 0 Å². The summed E-state index contributed by atoms with van der Waals surface area (Å²) in [5, 5.41) is 19.6. The van der Waals surface area contributed by atoms with E-state index in [4.69, 9.17) is 10.4 Å². The van der Waals surface area contributed by atoms with Gasteiger partial charge in [-0.3, -0.25) is 4.79 Å². The Kier molecular flexibility index (Phi) is 2.57. The first-order valence-electron chi connectivity index (χ1n) is 4.83. The Morgan fingerprint density at radius 1 is 1.19 bits per heavy atom. The molecule has 3 heteroatoms. The van der Waals surface area contributed by atoms with Crippen LogP contribution in [-0.4, -0.2) is 11.1 Å². The van der Waals surface area contributed by atoms with E-state index in [1.807, 2.05) is 30.3 Å². The quantitative estimate of drug-likeness (QED) is 0.830. The van der Waals surface area contributed by atoms with E-state index in [9.17, 15) is 4.79 Å². The molecule has 1 N–H and O–H groups in total. The molecule has 0 spiro atoms. The molecule has 0 radical (unpaired) electrons. The van der Waals surface area contributed by atoms with Crippen LogP contribution < -0.4 is 0 Å². The van der Waals surface area contributed by atoms with Crippen LogP contribution in [0.25, 0.3) is 10.8 Å². The number of fused-ring (bicyclic) bond motifs is 1. The molecule has 3 nitrogen and oxygen atoms in total. The summed E-state index contributed by atoms with van der Waals surface area (Å²) < 4.78 is 0. The molecule has 2 rings (SSSR count). The van der Waals surface area contributed by atoms with Gasteiger partial charge in [-0.15, -0.1) is 0 Å². The highest BCUT2D eigenvalue weighted by molar-refractivity contribution is 5.86. The van der Waals surface area contributed by atoms with Crippen LogP contribution in [-0.2, 0) is 4.79 Å². The van der Waals surface area contributed by atoms with E-state index >= 15 is 0 Å². The molecule has 0 aliphatic carbocycles. The SMILES string of the molecule is N#CC(C(=O)O)c1ccc2ccccc2c1. The van der Waals surface area contributed by atoms with Crippen LogP contribution in [0, 0.1) is 11.3 Å². The zero-order valence-corrected chi connectivity index (χ0v) is 8.42. The van der Waals surface area contributed by atoms with E-state index in [-0.39, 0.29) is 0 Å². The minimum atomic E-state index is -1.11. The number of nitrogens with zero attached hydrogens (tertiary/aromatic N) is 1. The highest BCUT2D eigenvalue weighted by atomic mass is 16.4. The van der Waals surface area contributed by atoms with Crippen molar-refractivity contribution in [3.05, 3.63) is 48.0 Å². The molecular weight excluding hydrogens is 202 g/mol. The van der Waals surface area contributed by atoms with Crippen LogP contribution in [0.1, 0.15) is 11.5 Å². The molecule has 2 aromatic carbocycles. The number of hydrogen-bond donors (Lipinski definition) is 1. The number of hydrogen-bond acceptors (Lipinski definition) is 2. The smallest absolute Gasteiger partial charge is 0.325 e. The van der Waals surface area contributed by atoms with E-state index in [0.717, 1.165) is 10.8 Å². The van der Waals surface area contributed by atoms with Crippen molar-refractivity contribution in [1.29, 1.82) is 5.26 Å². The second kappa shape index (κ2) is 4.03. The number of carboxylic acids is 1. The van der Waals surface area contributed by atoms with Gasteiger partial charge in [0.15, 0.2) is 5.92 Å². The summed E-state index contributed by atoms with van der Waals surface area (Å²) in [4.78, 5) is 10.8. The van der Waals surface area contributed by atoms with Gasteiger partial charge in [-0.05, 0) is 22.4 Å². The lowest BCUT2D eigenvalue weighted by molar-refractivity contribution is -0.137. The Morgan fingerprint density at radius 3 is 2.50 bits per heavy atom. The summed E-state index contributed by atoms with van der Waals surface area (Å²) in [5.74, 6) is -2.21. The third-order valence-corrected chi connectivity index (χ3v) is 2.48. The van der Waals surface area contributed by atoms with Crippen molar-refractivity contribution in [2.24, 2.45) is 0 Å². The number of rotatable bonds is 2. The summed E-state index contributed by atoms with van der Waals surface area (Å²) in [6.07, 6.45) is 0. The molecular formula is C13H9NO2. The van der Waals surface area contributed by atoms with E-state index in [1.165, 1.54) is 0 Å². The van der Waals surface area contributed by atoms with Crippen LogP contribution in [0.15, 0.2) is 42.5 Å². The zero-order valence-electron chi connectivity index (χ0n) is 8.42. The van der Waals surface area contributed by atoms with Crippen molar-refractivity contribution in [3.63, 3.8) is 0 Å². The molecule has 0 bridgehead atoms. The molecule has 0 saturated carbocycles. The second-order valence-electron chi connectivity index (χ2n) is 3.51. The van der Waals surface area contributed by atoms with Crippen molar-refractivity contribution in [1.82, 2.24) is 0 Å². The Morgan fingerprint density at radius 2 is 1.88 bits per heavy atom. The van der Waals surface area contributed by atoms with Gasteiger partial charge in [0.05, 0.1) is 6.07 Å². The first kappa shape index (κ1) is 10.2. The van der Waals surface area contributed by atoms with Gasteiger partial charge in [0.2, 0.25) is 0 Å². The highest BCUT2D eigenvalue weighted by Gasteiger charge is 2.18. The molecule has 1 atom stereocenters. The summed E-state index contributed by atoms with van der Waals surface area (Å²) in [5.41, 5.74) is 0.522. The fourth-order valence-electron chi connectivity index (χ4n) is 1.66. The van der Waals surface area contributed by atoms with Gasteiger partial charge >= 0.3 is 5.97 Å². The number of carboxylic acid groups (broad SMARTS) is 1. The monoisotopic (exact) mass is 211 g/mol. The Labute approximate surface area is 92.6 Å². The summed E-state index contributed by atoms with van der Waals surface area (Å²) >= 11 is 0. The third kappa shape index (κ3) is 1.73. The van der Waals surface area contributed by atoms with Crippen LogP contribution in [0.4, 0.5) is 0 Å². The number of carbonyl (C=O) groups is 1. The van der Waals surface area contributed by atoms with Gasteiger partial charge in [0, 0.05) is 0 Å². The van der Waals surface area contributed by atoms with Gasteiger partial charge in [-0.1, -0.05) is 36.4 Å². The lowest BCUT2D eigenvalue weighted by atomic mass is 9.97. The van der Waals surface area contributed by atoms with Gasteiger partial charge in [-0.25, -0.2) is 0 Å². The first-order chi connectivity index (χ1) is 7.72. The molecule has 16 heavy (non-hydrogen) atoms. The Balaban J connectivity index is 2.55. The molecule has 0 aromatic heterocycles. The van der Waals surface area contributed by atoms with Gasteiger partial charge in [-0.2, -0.15) is 5.26 Å².